The Morgan fingerprint density at radius 2 is 1.58 bits per heavy atom. The number of nitrogens with zero attached hydrogens (tertiary/aromatic N) is 1. The lowest BCUT2D eigenvalue weighted by Crippen LogP contribution is -2.29. The summed E-state index contributed by atoms with van der Waals surface area (Å²) >= 11 is 6.25. The van der Waals surface area contributed by atoms with E-state index in [0.29, 0.717) is 17.0 Å². The van der Waals surface area contributed by atoms with E-state index in [-0.39, 0.29) is 39.3 Å². The minimum absolute atomic E-state index is 0.126. The molecule has 0 bridgehead atoms. The zero-order chi connectivity index (χ0) is 26.1. The van der Waals surface area contributed by atoms with Crippen molar-refractivity contribution < 1.29 is 29.3 Å². The molecule has 0 aromatic heterocycles. The van der Waals surface area contributed by atoms with Crippen LogP contribution in [0.3, 0.4) is 0 Å². The van der Waals surface area contributed by atoms with Crippen LogP contribution in [0.5, 0.6) is 17.2 Å². The van der Waals surface area contributed by atoms with Crippen molar-refractivity contribution in [1.29, 1.82) is 0 Å². The predicted octanol–water partition coefficient (Wildman–Crippen LogP) is 5.81. The van der Waals surface area contributed by atoms with Crippen LogP contribution in [-0.4, -0.2) is 36.1 Å². The number of Topliss-reactive ketones (excluding diaryl/α,β-unsaturated/α-hetero) is 1. The summed E-state index contributed by atoms with van der Waals surface area (Å²) in [5, 5.41) is 22.0. The van der Waals surface area contributed by atoms with Gasteiger partial charge in [-0.3, -0.25) is 14.5 Å². The molecule has 8 heteroatoms. The van der Waals surface area contributed by atoms with Crippen LogP contribution in [0.1, 0.15) is 42.5 Å². The number of ether oxygens (including phenoxy) is 2. The monoisotopic (exact) mass is 507 g/mol. The summed E-state index contributed by atoms with van der Waals surface area (Å²) in [6, 6.07) is 15.5. The van der Waals surface area contributed by atoms with E-state index >= 15 is 0 Å². The molecule has 0 saturated carbocycles. The number of benzene rings is 3. The summed E-state index contributed by atoms with van der Waals surface area (Å²) in [6.45, 7) is 4.11. The maximum absolute atomic E-state index is 13.3. The molecule has 4 rings (SSSR count). The van der Waals surface area contributed by atoms with E-state index in [0.717, 1.165) is 5.56 Å². The number of hydrogen-bond donors (Lipinski definition) is 2. The second kappa shape index (κ2) is 9.95. The van der Waals surface area contributed by atoms with Crippen LogP contribution in [0, 0.1) is 0 Å². The molecule has 0 radical (unpaired) electrons. The fourth-order valence-electron chi connectivity index (χ4n) is 4.28. The fraction of sp³-hybridized carbons (Fsp3) is 0.214. The van der Waals surface area contributed by atoms with Crippen LogP contribution >= 0.6 is 11.6 Å². The topological polar surface area (TPSA) is 96.3 Å². The summed E-state index contributed by atoms with van der Waals surface area (Å²) in [7, 11) is 2.89. The van der Waals surface area contributed by atoms with Crippen molar-refractivity contribution in [2.75, 3.05) is 19.1 Å². The van der Waals surface area contributed by atoms with Crippen molar-refractivity contribution in [1.82, 2.24) is 0 Å². The van der Waals surface area contributed by atoms with E-state index in [9.17, 15) is 19.8 Å². The van der Waals surface area contributed by atoms with Crippen LogP contribution in [0.25, 0.3) is 5.76 Å². The number of amides is 1. The first-order chi connectivity index (χ1) is 17.2. The molecule has 3 aromatic rings. The number of phenols is 1. The third-order valence-corrected chi connectivity index (χ3v) is 6.52. The molecule has 1 heterocycles. The highest BCUT2D eigenvalue weighted by Crippen LogP contribution is 2.44. The summed E-state index contributed by atoms with van der Waals surface area (Å²) in [6.07, 6.45) is 0. The third kappa shape index (κ3) is 4.38. The molecule has 0 spiro atoms. The molecule has 7 nitrogen and oxygen atoms in total. The summed E-state index contributed by atoms with van der Waals surface area (Å²) in [5.41, 5.74) is 2.09. The van der Waals surface area contributed by atoms with Crippen molar-refractivity contribution >= 4 is 34.7 Å². The van der Waals surface area contributed by atoms with Gasteiger partial charge in [0.25, 0.3) is 11.7 Å². The Hall–Kier alpha value is -3.97. The van der Waals surface area contributed by atoms with E-state index in [1.54, 1.807) is 30.3 Å². The second-order valence-electron chi connectivity index (χ2n) is 8.70. The van der Waals surface area contributed by atoms with Crippen molar-refractivity contribution in [2.24, 2.45) is 0 Å². The zero-order valence-electron chi connectivity index (χ0n) is 20.3. The van der Waals surface area contributed by atoms with Crippen LogP contribution < -0.4 is 14.4 Å². The number of aliphatic hydroxyl groups excluding tert-OH is 1. The Morgan fingerprint density at radius 3 is 2.14 bits per heavy atom. The molecule has 2 N–H and O–H groups in total. The van der Waals surface area contributed by atoms with Gasteiger partial charge in [0.1, 0.15) is 11.5 Å². The van der Waals surface area contributed by atoms with Crippen LogP contribution in [0.2, 0.25) is 5.02 Å². The van der Waals surface area contributed by atoms with Gasteiger partial charge >= 0.3 is 0 Å². The Labute approximate surface area is 214 Å². The summed E-state index contributed by atoms with van der Waals surface area (Å²) in [5.74, 6) is -1.29. The van der Waals surface area contributed by atoms with E-state index in [1.165, 1.54) is 37.3 Å². The first-order valence-electron chi connectivity index (χ1n) is 11.3. The highest BCUT2D eigenvalue weighted by molar-refractivity contribution is 6.51. The number of methoxy groups -OCH3 is 2. The first kappa shape index (κ1) is 25.1. The molecule has 3 aromatic carbocycles. The zero-order valence-corrected chi connectivity index (χ0v) is 21.0. The highest BCUT2D eigenvalue weighted by Gasteiger charge is 2.47. The Balaban J connectivity index is 1.93. The van der Waals surface area contributed by atoms with Gasteiger partial charge < -0.3 is 19.7 Å². The number of carbonyl (C=O) groups is 2. The number of aromatic hydroxyl groups is 1. The van der Waals surface area contributed by atoms with E-state index in [1.807, 2.05) is 12.1 Å². The predicted molar refractivity (Wildman–Crippen MR) is 138 cm³/mol. The molecule has 1 aliphatic rings. The Morgan fingerprint density at radius 1 is 0.944 bits per heavy atom. The minimum Gasteiger partial charge on any atom is -0.507 e. The number of phenolic OH excluding ortho intramolecular Hbond substituents is 1. The van der Waals surface area contributed by atoms with Gasteiger partial charge in [-0.2, -0.15) is 0 Å². The molecular formula is C28H26ClNO6. The lowest BCUT2D eigenvalue weighted by Gasteiger charge is -2.26. The molecule has 1 atom stereocenters. The van der Waals surface area contributed by atoms with Crippen molar-refractivity contribution in [2.45, 2.75) is 25.8 Å². The van der Waals surface area contributed by atoms with Gasteiger partial charge in [0.2, 0.25) is 0 Å². The van der Waals surface area contributed by atoms with Gasteiger partial charge in [0.05, 0.1) is 30.9 Å². The summed E-state index contributed by atoms with van der Waals surface area (Å²) in [4.78, 5) is 28.0. The normalized spacial score (nSPS) is 17.1. The van der Waals surface area contributed by atoms with Gasteiger partial charge in [-0.15, -0.1) is 0 Å². The number of anilines is 1. The van der Waals surface area contributed by atoms with Crippen LogP contribution in [0.4, 0.5) is 5.69 Å². The van der Waals surface area contributed by atoms with E-state index in [2.05, 4.69) is 13.8 Å². The molecule has 1 aliphatic heterocycles. The number of carbonyl (C=O) groups excluding carboxylic acids is 2. The molecule has 1 amide bonds. The van der Waals surface area contributed by atoms with Crippen LogP contribution in [-0.2, 0) is 9.59 Å². The summed E-state index contributed by atoms with van der Waals surface area (Å²) < 4.78 is 10.3. The molecule has 186 valence electrons. The van der Waals surface area contributed by atoms with E-state index < -0.39 is 17.7 Å². The van der Waals surface area contributed by atoms with Crippen LogP contribution in [0.15, 0.2) is 66.2 Å². The molecule has 0 aliphatic carbocycles. The molecule has 36 heavy (non-hydrogen) atoms. The average Bonchev–Trinajstić information content (AvgIpc) is 3.13. The lowest BCUT2D eigenvalue weighted by atomic mass is 9.94. The number of aliphatic hydroxyl groups is 1. The average molecular weight is 508 g/mol. The first-order valence-corrected chi connectivity index (χ1v) is 11.7. The quantitative estimate of drug-likeness (QED) is 0.248. The SMILES string of the molecule is COc1ccc(C2/C(=C(/O)c3ccc(OC)c(Cl)c3)C(=O)C(=O)N2c2ccc(C(C)C)cc2)cc1O. The van der Waals surface area contributed by atoms with Gasteiger partial charge in [-0.25, -0.2) is 0 Å². The number of halogens is 1. The maximum atomic E-state index is 13.3. The maximum Gasteiger partial charge on any atom is 0.300 e. The van der Waals surface area contributed by atoms with Crippen molar-refractivity contribution in [3.63, 3.8) is 0 Å². The Bertz CT molecular complexity index is 1360. The largest absolute Gasteiger partial charge is 0.507 e. The molecule has 1 saturated heterocycles. The minimum atomic E-state index is -1.01. The number of ketones is 1. The highest BCUT2D eigenvalue weighted by atomic mass is 35.5. The smallest absolute Gasteiger partial charge is 0.300 e. The third-order valence-electron chi connectivity index (χ3n) is 6.23. The second-order valence-corrected chi connectivity index (χ2v) is 9.10. The van der Waals surface area contributed by atoms with Gasteiger partial charge in [-0.05, 0) is 59.5 Å². The molecule has 1 fully saturated rings. The Kier molecular flexibility index (Phi) is 6.95. The van der Waals surface area contributed by atoms with Gasteiger partial charge in [-0.1, -0.05) is 43.6 Å². The standard InChI is InChI=1S/C28H26ClNO6/c1-15(2)16-5-9-19(10-6-16)30-25(17-7-12-23(36-4)21(31)14-17)24(27(33)28(30)34)26(32)18-8-11-22(35-3)20(29)13-18/h5-15,25,31-32H,1-4H3/b26-24-. The van der Waals surface area contributed by atoms with Crippen molar-refractivity contribution in [3.8, 4) is 17.2 Å². The van der Waals surface area contributed by atoms with Gasteiger partial charge in [0.15, 0.2) is 11.5 Å². The molecular weight excluding hydrogens is 482 g/mol. The molecule has 1 unspecified atom stereocenters. The van der Waals surface area contributed by atoms with Crippen molar-refractivity contribution in [3.05, 3.63) is 87.9 Å². The number of hydrogen-bond acceptors (Lipinski definition) is 6. The lowest BCUT2D eigenvalue weighted by molar-refractivity contribution is -0.132. The van der Waals surface area contributed by atoms with Gasteiger partial charge in [0, 0.05) is 11.3 Å². The fourth-order valence-corrected chi connectivity index (χ4v) is 4.54. The number of rotatable bonds is 6. The van der Waals surface area contributed by atoms with E-state index in [4.69, 9.17) is 21.1 Å².